The second kappa shape index (κ2) is 4.79. The Morgan fingerprint density at radius 1 is 1.06 bits per heavy atom. The fourth-order valence-electron chi connectivity index (χ4n) is 3.89. The van der Waals surface area contributed by atoms with E-state index in [2.05, 4.69) is 39.5 Å². The van der Waals surface area contributed by atoms with Crippen LogP contribution in [0.1, 0.15) is 60.3 Å². The van der Waals surface area contributed by atoms with Gasteiger partial charge in [0.15, 0.2) is 0 Å². The lowest BCUT2D eigenvalue weighted by Gasteiger charge is -2.43. The lowest BCUT2D eigenvalue weighted by molar-refractivity contribution is 0.0734. The van der Waals surface area contributed by atoms with Gasteiger partial charge in [0, 0.05) is 12.1 Å². The molecule has 2 nitrogen and oxygen atoms in total. The molecular formula is C16H32N2. The van der Waals surface area contributed by atoms with Crippen molar-refractivity contribution in [3.05, 3.63) is 0 Å². The lowest BCUT2D eigenvalue weighted by Crippen LogP contribution is -2.52. The molecule has 0 aromatic heterocycles. The maximum absolute atomic E-state index is 6.47. The van der Waals surface area contributed by atoms with Crippen LogP contribution in [0.4, 0.5) is 0 Å². The van der Waals surface area contributed by atoms with Crippen LogP contribution in [0, 0.1) is 16.7 Å². The van der Waals surface area contributed by atoms with Gasteiger partial charge in [-0.1, -0.05) is 34.6 Å². The normalized spacial score (nSPS) is 35.0. The van der Waals surface area contributed by atoms with Crippen LogP contribution in [0.25, 0.3) is 0 Å². The van der Waals surface area contributed by atoms with Crippen molar-refractivity contribution in [2.75, 3.05) is 13.1 Å². The molecule has 2 N–H and O–H groups in total. The van der Waals surface area contributed by atoms with Crippen molar-refractivity contribution in [2.24, 2.45) is 22.5 Å². The Balaban J connectivity index is 1.91. The lowest BCUT2D eigenvalue weighted by atomic mass is 9.75. The van der Waals surface area contributed by atoms with E-state index in [0.29, 0.717) is 22.9 Å². The third-order valence-electron chi connectivity index (χ3n) is 5.62. The van der Waals surface area contributed by atoms with Crippen molar-refractivity contribution >= 4 is 0 Å². The Morgan fingerprint density at radius 2 is 1.61 bits per heavy atom. The van der Waals surface area contributed by atoms with Gasteiger partial charge in [-0.25, -0.2) is 0 Å². The fraction of sp³-hybridized carbons (Fsp3) is 1.00. The number of rotatable bonds is 1. The number of nitrogens with two attached hydrogens (primary N) is 1. The van der Waals surface area contributed by atoms with E-state index >= 15 is 0 Å². The molecule has 0 radical (unpaired) electrons. The van der Waals surface area contributed by atoms with Gasteiger partial charge in [-0.15, -0.1) is 0 Å². The Bertz CT molecular complexity index is 282. The van der Waals surface area contributed by atoms with Gasteiger partial charge in [-0.3, -0.25) is 4.90 Å². The first kappa shape index (κ1) is 14.3. The topological polar surface area (TPSA) is 29.3 Å². The highest BCUT2D eigenvalue weighted by Gasteiger charge is 2.43. The van der Waals surface area contributed by atoms with Crippen LogP contribution < -0.4 is 5.73 Å². The minimum Gasteiger partial charge on any atom is -0.326 e. The number of piperidine rings is 1. The maximum atomic E-state index is 6.47. The second-order valence-corrected chi connectivity index (χ2v) is 8.30. The van der Waals surface area contributed by atoms with Gasteiger partial charge in [0.05, 0.1) is 0 Å². The molecule has 1 saturated heterocycles. The van der Waals surface area contributed by atoms with Crippen LogP contribution in [0.15, 0.2) is 0 Å². The molecule has 0 aromatic rings. The molecule has 106 valence electrons. The van der Waals surface area contributed by atoms with Crippen LogP contribution in [0.2, 0.25) is 0 Å². The Morgan fingerprint density at radius 3 is 2.00 bits per heavy atom. The standard InChI is InChI=1S/C16H32N2/c1-15(2,3)12-7-10-18(11-8-12)13-6-9-16(4,5)14(13)17/h12-14H,6-11,17H2,1-5H3. The summed E-state index contributed by atoms with van der Waals surface area (Å²) in [6.45, 7) is 14.3. The third-order valence-corrected chi connectivity index (χ3v) is 5.62. The summed E-state index contributed by atoms with van der Waals surface area (Å²) in [5.74, 6) is 0.888. The fourth-order valence-corrected chi connectivity index (χ4v) is 3.89. The highest BCUT2D eigenvalue weighted by atomic mass is 15.2. The third kappa shape index (κ3) is 2.75. The summed E-state index contributed by atoms with van der Waals surface area (Å²) >= 11 is 0. The average molecular weight is 252 g/mol. The SMILES string of the molecule is CC(C)(C)C1CCN(C2CCC(C)(C)C2N)CC1. The van der Waals surface area contributed by atoms with E-state index in [1.807, 2.05) is 0 Å². The molecule has 2 atom stereocenters. The van der Waals surface area contributed by atoms with Crippen molar-refractivity contribution in [1.29, 1.82) is 0 Å². The van der Waals surface area contributed by atoms with E-state index in [1.54, 1.807) is 0 Å². The van der Waals surface area contributed by atoms with Gasteiger partial charge in [-0.05, 0) is 55.5 Å². The summed E-state index contributed by atoms with van der Waals surface area (Å²) in [7, 11) is 0. The van der Waals surface area contributed by atoms with Gasteiger partial charge in [0.1, 0.15) is 0 Å². The summed E-state index contributed by atoms with van der Waals surface area (Å²) in [5, 5.41) is 0. The van der Waals surface area contributed by atoms with E-state index in [0.717, 1.165) is 5.92 Å². The summed E-state index contributed by atoms with van der Waals surface area (Å²) in [5.41, 5.74) is 7.28. The largest absolute Gasteiger partial charge is 0.326 e. The molecule has 1 aliphatic carbocycles. The second-order valence-electron chi connectivity index (χ2n) is 8.30. The van der Waals surface area contributed by atoms with Crippen LogP contribution in [-0.4, -0.2) is 30.1 Å². The molecule has 18 heavy (non-hydrogen) atoms. The minimum absolute atomic E-state index is 0.339. The van der Waals surface area contributed by atoms with E-state index in [1.165, 1.54) is 38.8 Å². The minimum atomic E-state index is 0.339. The molecule has 0 bridgehead atoms. The van der Waals surface area contributed by atoms with Crippen LogP contribution in [-0.2, 0) is 0 Å². The van der Waals surface area contributed by atoms with Crippen molar-refractivity contribution in [3.8, 4) is 0 Å². The highest BCUT2D eigenvalue weighted by molar-refractivity contribution is 5.00. The molecular weight excluding hydrogens is 220 g/mol. The molecule has 1 heterocycles. The molecule has 2 heteroatoms. The molecule has 0 aromatic carbocycles. The molecule has 2 unspecified atom stereocenters. The molecule has 0 spiro atoms. The molecule has 1 aliphatic heterocycles. The summed E-state index contributed by atoms with van der Waals surface area (Å²) < 4.78 is 0. The number of hydrogen-bond acceptors (Lipinski definition) is 2. The van der Waals surface area contributed by atoms with E-state index < -0.39 is 0 Å². The monoisotopic (exact) mass is 252 g/mol. The van der Waals surface area contributed by atoms with Gasteiger partial charge in [-0.2, -0.15) is 0 Å². The Hall–Kier alpha value is -0.0800. The van der Waals surface area contributed by atoms with Crippen LogP contribution in [0.5, 0.6) is 0 Å². The van der Waals surface area contributed by atoms with Crippen molar-refractivity contribution in [2.45, 2.75) is 72.4 Å². The van der Waals surface area contributed by atoms with E-state index in [-0.39, 0.29) is 0 Å². The maximum Gasteiger partial charge on any atom is 0.0252 e. The van der Waals surface area contributed by atoms with Crippen molar-refractivity contribution in [3.63, 3.8) is 0 Å². The van der Waals surface area contributed by atoms with Crippen LogP contribution >= 0.6 is 0 Å². The van der Waals surface area contributed by atoms with E-state index in [4.69, 9.17) is 5.73 Å². The summed E-state index contributed by atoms with van der Waals surface area (Å²) in [4.78, 5) is 2.68. The van der Waals surface area contributed by atoms with Crippen molar-refractivity contribution < 1.29 is 0 Å². The molecule has 2 rings (SSSR count). The summed E-state index contributed by atoms with van der Waals surface area (Å²) in [6.07, 6.45) is 5.30. The smallest absolute Gasteiger partial charge is 0.0252 e. The quantitative estimate of drug-likeness (QED) is 0.776. The molecule has 2 fully saturated rings. The number of hydrogen-bond donors (Lipinski definition) is 1. The molecule has 0 amide bonds. The zero-order valence-corrected chi connectivity index (χ0v) is 13.0. The number of likely N-dealkylation sites (tertiary alicyclic amines) is 1. The first-order chi connectivity index (χ1) is 8.22. The van der Waals surface area contributed by atoms with E-state index in [9.17, 15) is 0 Å². The highest BCUT2D eigenvalue weighted by Crippen LogP contribution is 2.41. The number of nitrogens with zero attached hydrogens (tertiary/aromatic N) is 1. The van der Waals surface area contributed by atoms with Gasteiger partial charge in [0.25, 0.3) is 0 Å². The predicted octanol–water partition coefficient (Wildman–Crippen LogP) is 3.26. The zero-order valence-electron chi connectivity index (χ0n) is 13.0. The Kier molecular flexibility index (Phi) is 3.81. The predicted molar refractivity (Wildman–Crippen MR) is 78.5 cm³/mol. The first-order valence-electron chi connectivity index (χ1n) is 7.71. The van der Waals surface area contributed by atoms with Gasteiger partial charge < -0.3 is 5.73 Å². The van der Waals surface area contributed by atoms with Gasteiger partial charge in [0.2, 0.25) is 0 Å². The average Bonchev–Trinajstić information content (AvgIpc) is 2.53. The Labute approximate surface area is 113 Å². The first-order valence-corrected chi connectivity index (χ1v) is 7.71. The molecule has 2 aliphatic rings. The summed E-state index contributed by atoms with van der Waals surface area (Å²) in [6, 6.07) is 1.00. The van der Waals surface area contributed by atoms with Crippen LogP contribution in [0.3, 0.4) is 0 Å². The zero-order chi connectivity index (χ0) is 13.6. The molecule has 1 saturated carbocycles. The van der Waals surface area contributed by atoms with Crippen molar-refractivity contribution in [1.82, 2.24) is 4.90 Å². The van der Waals surface area contributed by atoms with Gasteiger partial charge >= 0.3 is 0 Å².